The molecule has 0 aliphatic rings. The number of aromatic nitrogens is 4. The molecule has 2 aromatic heterocycles. The van der Waals surface area contributed by atoms with E-state index < -0.39 is 0 Å². The zero-order chi connectivity index (χ0) is 13.1. The van der Waals surface area contributed by atoms with E-state index >= 15 is 0 Å². The maximum atomic E-state index is 11.6. The Balaban J connectivity index is 1.94. The first-order valence-electron chi connectivity index (χ1n) is 5.45. The lowest BCUT2D eigenvalue weighted by molar-refractivity contribution is 0.262. The monoisotopic (exact) mass is 266 g/mol. The molecule has 2 N–H and O–H groups in total. The average molecular weight is 266 g/mol. The van der Waals surface area contributed by atoms with Crippen LogP contribution in [-0.4, -0.2) is 25.2 Å². The molecule has 0 bridgehead atoms. The summed E-state index contributed by atoms with van der Waals surface area (Å²) in [6.45, 7) is 4.00. The highest BCUT2D eigenvalue weighted by Crippen LogP contribution is 2.17. The second-order valence-corrected chi connectivity index (χ2v) is 4.85. The fourth-order valence-corrected chi connectivity index (χ4v) is 1.97. The number of amides is 2. The van der Waals surface area contributed by atoms with Crippen molar-refractivity contribution < 1.29 is 4.79 Å². The number of urea groups is 1. The Kier molecular flexibility index (Phi) is 3.56. The lowest BCUT2D eigenvalue weighted by Gasteiger charge is -2.01. The van der Waals surface area contributed by atoms with E-state index in [1.165, 1.54) is 11.5 Å². The minimum atomic E-state index is -0.352. The summed E-state index contributed by atoms with van der Waals surface area (Å²) < 4.78 is 5.76. The van der Waals surface area contributed by atoms with Gasteiger partial charge in [0.2, 0.25) is 5.13 Å². The van der Waals surface area contributed by atoms with Crippen LogP contribution >= 0.6 is 11.5 Å². The van der Waals surface area contributed by atoms with E-state index in [4.69, 9.17) is 0 Å². The highest BCUT2D eigenvalue weighted by molar-refractivity contribution is 7.09. The summed E-state index contributed by atoms with van der Waals surface area (Å²) in [6.07, 6.45) is 3.28. The molecule has 2 aromatic rings. The van der Waals surface area contributed by atoms with Crippen LogP contribution in [0.2, 0.25) is 0 Å². The molecule has 0 spiro atoms. The number of nitrogens with zero attached hydrogens (tertiary/aromatic N) is 4. The number of rotatable bonds is 3. The molecule has 0 aliphatic heterocycles. The van der Waals surface area contributed by atoms with Crippen LogP contribution in [0.15, 0.2) is 12.4 Å². The molecule has 2 rings (SSSR count). The SMILES string of the molecule is CC(C)c1nsc(NC(=O)Nc2cnn(C)c2)n1. The van der Waals surface area contributed by atoms with Crippen LogP contribution in [0.25, 0.3) is 0 Å². The second kappa shape index (κ2) is 5.13. The van der Waals surface area contributed by atoms with Crippen LogP contribution in [0.1, 0.15) is 25.6 Å². The third-order valence-corrected chi connectivity index (χ3v) is 2.79. The van der Waals surface area contributed by atoms with Crippen molar-refractivity contribution in [3.63, 3.8) is 0 Å². The third-order valence-electron chi connectivity index (χ3n) is 2.14. The molecule has 0 aromatic carbocycles. The van der Waals surface area contributed by atoms with E-state index in [9.17, 15) is 4.79 Å². The standard InChI is InChI=1S/C10H14N6OS/c1-6(2)8-13-10(18-15-8)14-9(17)12-7-4-11-16(3)5-7/h4-6H,1-3H3,(H2,12,13,14,15,17). The molecular formula is C10H14N6OS. The van der Waals surface area contributed by atoms with Crippen molar-refractivity contribution in [2.24, 2.45) is 7.05 Å². The van der Waals surface area contributed by atoms with Crippen LogP contribution in [0.5, 0.6) is 0 Å². The van der Waals surface area contributed by atoms with Gasteiger partial charge >= 0.3 is 6.03 Å². The van der Waals surface area contributed by atoms with Gasteiger partial charge in [0.1, 0.15) is 5.82 Å². The van der Waals surface area contributed by atoms with Gasteiger partial charge in [0.15, 0.2) is 0 Å². The lowest BCUT2D eigenvalue weighted by Crippen LogP contribution is -2.19. The first-order valence-corrected chi connectivity index (χ1v) is 6.22. The van der Waals surface area contributed by atoms with E-state index in [0.717, 1.165) is 5.82 Å². The summed E-state index contributed by atoms with van der Waals surface area (Å²) in [6, 6.07) is -0.352. The number of carbonyl (C=O) groups is 1. The fraction of sp³-hybridized carbons (Fsp3) is 0.400. The topological polar surface area (TPSA) is 84.7 Å². The van der Waals surface area contributed by atoms with Crippen LogP contribution in [-0.2, 0) is 7.05 Å². The van der Waals surface area contributed by atoms with Crippen LogP contribution in [0.3, 0.4) is 0 Å². The van der Waals surface area contributed by atoms with Crippen LogP contribution in [0, 0.1) is 0 Å². The fourth-order valence-electron chi connectivity index (χ4n) is 1.27. The molecule has 8 heteroatoms. The quantitative estimate of drug-likeness (QED) is 0.890. The van der Waals surface area contributed by atoms with Crippen LogP contribution in [0.4, 0.5) is 15.6 Å². The van der Waals surface area contributed by atoms with Gasteiger partial charge in [0, 0.05) is 30.7 Å². The number of hydrogen-bond acceptors (Lipinski definition) is 5. The van der Waals surface area contributed by atoms with Crippen molar-refractivity contribution in [3.8, 4) is 0 Å². The van der Waals surface area contributed by atoms with Crippen molar-refractivity contribution in [1.29, 1.82) is 0 Å². The molecule has 96 valence electrons. The van der Waals surface area contributed by atoms with E-state index in [1.54, 1.807) is 24.1 Å². The predicted octanol–water partition coefficient (Wildman–Crippen LogP) is 2.04. The van der Waals surface area contributed by atoms with E-state index in [-0.39, 0.29) is 11.9 Å². The molecule has 0 saturated heterocycles. The maximum Gasteiger partial charge on any atom is 0.325 e. The Morgan fingerprint density at radius 3 is 2.78 bits per heavy atom. The molecule has 2 heterocycles. The summed E-state index contributed by atoms with van der Waals surface area (Å²) in [5.41, 5.74) is 0.628. The number of carbonyl (C=O) groups excluding carboxylic acids is 1. The first kappa shape index (κ1) is 12.5. The van der Waals surface area contributed by atoms with E-state index in [2.05, 4.69) is 25.1 Å². The molecule has 0 aliphatic carbocycles. The van der Waals surface area contributed by atoms with Gasteiger partial charge in [-0.15, -0.1) is 0 Å². The van der Waals surface area contributed by atoms with Crippen LogP contribution < -0.4 is 10.6 Å². The number of anilines is 2. The van der Waals surface area contributed by atoms with Gasteiger partial charge in [-0.1, -0.05) is 13.8 Å². The van der Waals surface area contributed by atoms with Gasteiger partial charge in [-0.2, -0.15) is 9.47 Å². The van der Waals surface area contributed by atoms with E-state index in [1.807, 2.05) is 13.8 Å². The molecular weight excluding hydrogens is 252 g/mol. The van der Waals surface area contributed by atoms with Gasteiger partial charge in [0.25, 0.3) is 0 Å². The Labute approximate surface area is 108 Å². The minimum Gasteiger partial charge on any atom is -0.305 e. The van der Waals surface area contributed by atoms with Gasteiger partial charge in [-0.25, -0.2) is 9.78 Å². The largest absolute Gasteiger partial charge is 0.325 e. The Morgan fingerprint density at radius 2 is 2.22 bits per heavy atom. The summed E-state index contributed by atoms with van der Waals surface area (Å²) in [7, 11) is 1.78. The van der Waals surface area contributed by atoms with Gasteiger partial charge < -0.3 is 5.32 Å². The van der Waals surface area contributed by atoms with Crippen molar-refractivity contribution in [3.05, 3.63) is 18.2 Å². The maximum absolute atomic E-state index is 11.6. The highest BCUT2D eigenvalue weighted by atomic mass is 32.1. The first-order chi connectivity index (χ1) is 8.54. The van der Waals surface area contributed by atoms with Crippen molar-refractivity contribution in [2.45, 2.75) is 19.8 Å². The van der Waals surface area contributed by atoms with Gasteiger partial charge in [0.05, 0.1) is 11.9 Å². The number of hydrogen-bond donors (Lipinski definition) is 2. The molecule has 0 radical (unpaired) electrons. The molecule has 18 heavy (non-hydrogen) atoms. The molecule has 0 fully saturated rings. The Bertz CT molecular complexity index is 546. The van der Waals surface area contributed by atoms with Crippen molar-refractivity contribution in [2.75, 3.05) is 10.6 Å². The smallest absolute Gasteiger partial charge is 0.305 e. The zero-order valence-corrected chi connectivity index (χ0v) is 11.2. The third kappa shape index (κ3) is 3.04. The zero-order valence-electron chi connectivity index (χ0n) is 10.3. The van der Waals surface area contributed by atoms with Crippen molar-refractivity contribution in [1.82, 2.24) is 19.1 Å². The van der Waals surface area contributed by atoms with Crippen molar-refractivity contribution >= 4 is 28.4 Å². The number of aryl methyl sites for hydroxylation is 1. The summed E-state index contributed by atoms with van der Waals surface area (Å²) in [5, 5.41) is 9.73. The second-order valence-electron chi connectivity index (χ2n) is 4.09. The normalized spacial score (nSPS) is 10.7. The minimum absolute atomic E-state index is 0.248. The molecule has 0 saturated carbocycles. The summed E-state index contributed by atoms with van der Waals surface area (Å²) >= 11 is 1.17. The summed E-state index contributed by atoms with van der Waals surface area (Å²) in [4.78, 5) is 15.9. The molecule has 2 amide bonds. The molecule has 0 atom stereocenters. The highest BCUT2D eigenvalue weighted by Gasteiger charge is 2.10. The number of nitrogens with one attached hydrogen (secondary N) is 2. The van der Waals surface area contributed by atoms with Gasteiger partial charge in [-0.3, -0.25) is 10.00 Å². The Morgan fingerprint density at radius 1 is 1.44 bits per heavy atom. The molecule has 7 nitrogen and oxygen atoms in total. The summed E-state index contributed by atoms with van der Waals surface area (Å²) in [5.74, 6) is 0.981. The molecule has 0 unspecified atom stereocenters. The Hall–Kier alpha value is -1.96. The lowest BCUT2D eigenvalue weighted by atomic mass is 10.2. The van der Waals surface area contributed by atoms with E-state index in [0.29, 0.717) is 10.8 Å². The van der Waals surface area contributed by atoms with Gasteiger partial charge in [-0.05, 0) is 0 Å². The average Bonchev–Trinajstić information content (AvgIpc) is 2.88. The predicted molar refractivity (Wildman–Crippen MR) is 69.8 cm³/mol.